The van der Waals surface area contributed by atoms with Gasteiger partial charge in [0.25, 0.3) is 0 Å². The second kappa shape index (κ2) is 22.1. The first kappa shape index (κ1) is 54.1. The number of hydrogen-bond acceptors (Lipinski definition) is 10. The van der Waals surface area contributed by atoms with E-state index < -0.39 is 132 Å². The summed E-state index contributed by atoms with van der Waals surface area (Å²) in [5, 5.41) is 37.5. The molecular weight excluding hydrogens is 1050 g/mol. The highest BCUT2D eigenvalue weighted by molar-refractivity contribution is 9.10. The number of aliphatic hydroxyl groups excluding tert-OH is 2. The van der Waals surface area contributed by atoms with Gasteiger partial charge in [0.1, 0.15) is 17.3 Å². The zero-order chi connectivity index (χ0) is 43.2. The Balaban J connectivity index is 2.26. The van der Waals surface area contributed by atoms with Gasteiger partial charge in [-0.25, -0.2) is 4.79 Å². The fourth-order valence-corrected chi connectivity index (χ4v) is 107. The zero-order valence-corrected chi connectivity index (χ0v) is 50.2. The zero-order valence-electron chi connectivity index (χ0n) is 32.5. The Hall–Kier alpha value is 4.52. The van der Waals surface area contributed by atoms with Crippen LogP contribution in [0.2, 0.25) is 0 Å². The second-order valence-corrected chi connectivity index (χ2v) is 73.2. The number of fused-ring (bicyclic) bond motifs is 3. The summed E-state index contributed by atoms with van der Waals surface area (Å²) in [6.07, 6.45) is -3.72. The van der Waals surface area contributed by atoms with Crippen LogP contribution in [0.25, 0.3) is 0 Å². The van der Waals surface area contributed by atoms with E-state index in [1.165, 1.54) is 6.92 Å². The van der Waals surface area contributed by atoms with Crippen LogP contribution in [-0.4, -0.2) is 69.2 Å². The number of ether oxygens (including phenoxy) is 2. The average molecular weight is 1100 g/mol. The Kier molecular flexibility index (Phi) is 21.0. The molecule has 1 aromatic carbocycles. The number of benzene rings is 1. The molecule has 57 heavy (non-hydrogen) atoms. The van der Waals surface area contributed by atoms with Crippen molar-refractivity contribution in [1.82, 2.24) is 0 Å². The molecule has 0 radical (unpaired) electrons. The summed E-state index contributed by atoms with van der Waals surface area (Å²) in [5.74, 6) is -4.57. The molecule has 1 aromatic rings. The van der Waals surface area contributed by atoms with E-state index in [-0.39, 0.29) is 24.2 Å². The maximum Gasteiger partial charge on any atom is 0.338 e. The molecule has 0 amide bonds. The number of ketones is 1. The number of hydrogen-bond donors (Lipinski definition) is 3. The van der Waals surface area contributed by atoms with E-state index >= 15 is 4.79 Å². The normalized spacial score (nSPS) is 34.1. The topological polar surface area (TPSA) is 149 Å². The lowest BCUT2D eigenvalue weighted by molar-refractivity contribution is -0.276. The molecule has 0 saturated heterocycles. The van der Waals surface area contributed by atoms with Crippen molar-refractivity contribution in [3.05, 3.63) is 47.2 Å². The maximum atomic E-state index is 16.5. The Labute approximate surface area is 368 Å². The lowest BCUT2D eigenvalue weighted by atomic mass is 9.44. The third-order valence-electron chi connectivity index (χ3n) is 11.6. The van der Waals surface area contributed by atoms with Crippen molar-refractivity contribution in [1.29, 1.82) is 0 Å². The number of allylic oxidation sites excluding steroid dienone is 1. The molecule has 4 rings (SSSR count). The molecular formula is C30H57O10P17. The molecule has 0 aromatic heterocycles. The number of carbonyl (C=O) groups excluding carboxylic acids is 3. The van der Waals surface area contributed by atoms with Gasteiger partial charge in [-0.3, -0.25) is 9.59 Å². The van der Waals surface area contributed by atoms with Crippen LogP contribution in [0.15, 0.2) is 41.7 Å². The lowest BCUT2D eigenvalue weighted by Crippen LogP contribution is -2.76. The van der Waals surface area contributed by atoms with E-state index in [1.807, 2.05) is 13.8 Å². The average Bonchev–Trinajstić information content (AvgIpc) is 3.12. The predicted octanol–water partition coefficient (Wildman–Crippen LogP) is 12.0. The molecule has 13 unspecified atom stereocenters. The third kappa shape index (κ3) is 10.8. The summed E-state index contributed by atoms with van der Waals surface area (Å²) in [4.78, 5) is 44.2. The van der Waals surface area contributed by atoms with Gasteiger partial charge in [-0.1, -0.05) is 71.7 Å². The first-order chi connectivity index (χ1) is 26.4. The Morgan fingerprint density at radius 1 is 0.930 bits per heavy atom. The molecule has 2 fully saturated rings. The van der Waals surface area contributed by atoms with E-state index in [0.717, 1.165) is 0 Å². The van der Waals surface area contributed by atoms with Gasteiger partial charge in [-0.2, -0.15) is 0 Å². The minimum absolute atomic E-state index is 0.0660. The van der Waals surface area contributed by atoms with Crippen molar-refractivity contribution in [3.63, 3.8) is 0 Å². The molecule has 10 nitrogen and oxygen atoms in total. The van der Waals surface area contributed by atoms with Crippen LogP contribution in [0, 0.1) is 28.6 Å². The summed E-state index contributed by atoms with van der Waals surface area (Å²) in [7, 11) is 24.0. The van der Waals surface area contributed by atoms with Gasteiger partial charge in [-0.05, 0) is 52.0 Å². The molecule has 3 aliphatic carbocycles. The molecule has 322 valence electrons. The predicted molar refractivity (Wildman–Crippen MR) is 283 cm³/mol. The largest absolute Gasteiger partial charge is 0.460 e. The monoisotopic (exact) mass is 1100 g/mol. The summed E-state index contributed by atoms with van der Waals surface area (Å²) in [6.45, 7) is 5.65. The van der Waals surface area contributed by atoms with Gasteiger partial charge in [0.2, 0.25) is 5.78 Å². The van der Waals surface area contributed by atoms with Gasteiger partial charge >= 0.3 is 11.9 Å². The molecule has 0 spiro atoms. The molecule has 2 saturated carbocycles. The molecule has 3 aliphatic rings. The van der Waals surface area contributed by atoms with E-state index in [4.69, 9.17) is 18.5 Å². The molecule has 0 aliphatic heterocycles. The number of carbonyl (C=O) groups is 3. The summed E-state index contributed by atoms with van der Waals surface area (Å²) in [6, 6.07) is 8.35. The highest BCUT2D eigenvalue weighted by Crippen LogP contribution is 3.09. The minimum Gasteiger partial charge on any atom is -0.460 e. The molecule has 3 N–H and O–H groups in total. The van der Waals surface area contributed by atoms with Crippen molar-refractivity contribution in [2.75, 3.05) is 6.61 Å². The van der Waals surface area contributed by atoms with Gasteiger partial charge in [-0.15, -0.1) is 62.5 Å². The van der Waals surface area contributed by atoms with Crippen molar-refractivity contribution in [2.24, 2.45) is 28.6 Å². The number of Topliss-reactive ketones (excluding diaryl/α,β-unsaturated/α-hetero) is 1. The van der Waals surface area contributed by atoms with E-state index in [1.54, 1.807) is 51.1 Å². The number of aliphatic hydroxyl groups is 3. The summed E-state index contributed by atoms with van der Waals surface area (Å²) < 4.78 is 27.4. The van der Waals surface area contributed by atoms with Crippen LogP contribution in [0.5, 0.6) is 0 Å². The first-order valence-corrected chi connectivity index (χ1v) is 46.9. The van der Waals surface area contributed by atoms with Crippen LogP contribution in [0.4, 0.5) is 0 Å². The maximum absolute atomic E-state index is 16.5. The van der Waals surface area contributed by atoms with E-state index in [0.29, 0.717) is 13.5 Å². The van der Waals surface area contributed by atoms with Gasteiger partial charge < -0.3 is 33.8 Å². The highest BCUT2D eigenvalue weighted by Gasteiger charge is 2.75. The van der Waals surface area contributed by atoms with Crippen molar-refractivity contribution in [2.45, 2.75) is 83.9 Å². The molecule has 0 heterocycles. The van der Waals surface area contributed by atoms with Crippen molar-refractivity contribution < 1.29 is 48.2 Å². The van der Waals surface area contributed by atoms with Crippen LogP contribution >= 0.6 is 138 Å². The van der Waals surface area contributed by atoms with Gasteiger partial charge in [0.15, 0.2) is 13.3 Å². The molecule has 2 bridgehead atoms. The molecule has 27 heteroatoms. The van der Waals surface area contributed by atoms with Crippen molar-refractivity contribution >= 4 is 156 Å². The summed E-state index contributed by atoms with van der Waals surface area (Å²) in [5.41, 5.74) is -6.41. The second-order valence-electron chi connectivity index (χ2n) is 15.1. The van der Waals surface area contributed by atoms with Crippen LogP contribution in [-0.2, 0) is 28.1 Å². The lowest BCUT2D eigenvalue weighted by Gasteiger charge is -2.65. The fraction of sp³-hybridized carbons (Fsp3) is 0.633. The standard InChI is InChI=1S/C30H57O10P17/c1-15-12-20(39-51(53(42)43)54(44)45)28(6)23(29(15,14-31)38-17(3)32)25(37-26(35)18-10-8-7-9-11-18)30(36)13-19(33)16(2)21(27(30,4)5)22(24(28)34)40-52(55(46)47)57(50-41)56(48)49/h7-11,15-16,19-20,23,25,31,33,36,50H,12-14,41-49H2,1-6H3/t15-,16?,19+,20+,23+,25+,28-,29+,30-,52?,57?/m1/s1. The van der Waals surface area contributed by atoms with Crippen LogP contribution in [0.3, 0.4) is 0 Å². The fourth-order valence-electron chi connectivity index (χ4n) is 8.68. The third-order valence-corrected chi connectivity index (χ3v) is 81.1. The highest BCUT2D eigenvalue weighted by atomic mass is 33.1. The van der Waals surface area contributed by atoms with Gasteiger partial charge in [0.05, 0.1) is 43.2 Å². The van der Waals surface area contributed by atoms with Crippen LogP contribution < -0.4 is 0 Å². The Bertz CT molecular complexity index is 1650. The Morgan fingerprint density at radius 3 is 1.96 bits per heavy atom. The van der Waals surface area contributed by atoms with Gasteiger partial charge in [0, 0.05) is 44.6 Å². The Morgan fingerprint density at radius 2 is 1.49 bits per heavy atom. The van der Waals surface area contributed by atoms with E-state index in [2.05, 4.69) is 80.4 Å². The number of esters is 2. The summed E-state index contributed by atoms with van der Waals surface area (Å²) >= 11 is 0. The molecule has 21 atom stereocenters. The quantitative estimate of drug-likeness (QED) is 0.121. The first-order valence-electron chi connectivity index (χ1n) is 17.5. The van der Waals surface area contributed by atoms with Crippen molar-refractivity contribution in [3.8, 4) is 0 Å². The smallest absolute Gasteiger partial charge is 0.338 e. The van der Waals surface area contributed by atoms with E-state index in [9.17, 15) is 24.9 Å². The SMILES string of the molecule is CC(=O)O[C@@]1(CO)[C@H](C)C[C@H](OP(P(P)P)P(P)P)[C@@]2(C)C(=O)C(OP(P(P)P)P(PP)P(P)P)=C3C(C)[C@@H](O)C[C@@](O)([C@@H](OC(=O)c4ccccc4)[C@H]12)C3(C)C. The minimum atomic E-state index is -2.09. The number of rotatable bonds is 14. The van der Waals surface area contributed by atoms with Crippen LogP contribution in [0.1, 0.15) is 64.7 Å².